The summed E-state index contributed by atoms with van der Waals surface area (Å²) in [5.41, 5.74) is 2.83. The highest BCUT2D eigenvalue weighted by molar-refractivity contribution is 7.99. The third-order valence-electron chi connectivity index (χ3n) is 2.40. The number of hydrogen-bond acceptors (Lipinski definition) is 5. The minimum Gasteiger partial charge on any atom is -0.324 e. The Balaban J connectivity index is 2.34. The predicted molar refractivity (Wildman–Crippen MR) is 81.5 cm³/mol. The van der Waals surface area contributed by atoms with Gasteiger partial charge in [-0.05, 0) is 24.3 Å². The van der Waals surface area contributed by atoms with Crippen LogP contribution >= 0.6 is 35.0 Å². The lowest BCUT2D eigenvalue weighted by molar-refractivity contribution is -0.385. The minimum atomic E-state index is -0.472. The molecule has 104 valence electrons. The van der Waals surface area contributed by atoms with E-state index in [0.29, 0.717) is 20.6 Å². The molecule has 0 aliphatic rings. The zero-order chi connectivity index (χ0) is 14.7. The molecule has 0 heterocycles. The van der Waals surface area contributed by atoms with Crippen molar-refractivity contribution in [2.24, 2.45) is 5.84 Å². The summed E-state index contributed by atoms with van der Waals surface area (Å²) in [5, 5.41) is 11.7. The molecule has 5 nitrogen and oxygen atoms in total. The average Bonchev–Trinajstić information content (AvgIpc) is 2.42. The van der Waals surface area contributed by atoms with E-state index in [4.69, 9.17) is 29.0 Å². The van der Waals surface area contributed by atoms with E-state index in [0.717, 1.165) is 4.90 Å². The third kappa shape index (κ3) is 3.55. The molecule has 0 aromatic heterocycles. The van der Waals surface area contributed by atoms with Gasteiger partial charge in [0.15, 0.2) is 0 Å². The second-order valence-corrected chi connectivity index (χ2v) is 5.76. The first-order valence-electron chi connectivity index (χ1n) is 5.38. The van der Waals surface area contributed by atoms with Crippen LogP contribution < -0.4 is 11.3 Å². The third-order valence-corrected chi connectivity index (χ3v) is 4.10. The number of nitrogens with two attached hydrogens (primary N) is 1. The van der Waals surface area contributed by atoms with Crippen molar-refractivity contribution in [3.05, 3.63) is 56.6 Å². The largest absolute Gasteiger partial charge is 0.324 e. The van der Waals surface area contributed by atoms with Crippen LogP contribution in [0.2, 0.25) is 10.0 Å². The molecule has 2 rings (SSSR count). The van der Waals surface area contributed by atoms with E-state index in [1.54, 1.807) is 24.3 Å². The minimum absolute atomic E-state index is 0.0389. The Morgan fingerprint density at radius 3 is 2.45 bits per heavy atom. The summed E-state index contributed by atoms with van der Waals surface area (Å²) >= 11 is 13.1. The van der Waals surface area contributed by atoms with Gasteiger partial charge < -0.3 is 5.43 Å². The molecule has 8 heteroatoms. The highest BCUT2D eigenvalue weighted by Gasteiger charge is 2.11. The van der Waals surface area contributed by atoms with Crippen molar-refractivity contribution in [1.29, 1.82) is 0 Å². The van der Waals surface area contributed by atoms with E-state index in [2.05, 4.69) is 5.43 Å². The van der Waals surface area contributed by atoms with Crippen LogP contribution in [0, 0.1) is 10.1 Å². The quantitative estimate of drug-likeness (QED) is 0.495. The summed E-state index contributed by atoms with van der Waals surface area (Å²) in [6.45, 7) is 0. The van der Waals surface area contributed by atoms with Gasteiger partial charge in [-0.15, -0.1) is 0 Å². The summed E-state index contributed by atoms with van der Waals surface area (Å²) in [5.74, 6) is 5.30. The van der Waals surface area contributed by atoms with Crippen LogP contribution in [-0.2, 0) is 0 Å². The van der Waals surface area contributed by atoms with Gasteiger partial charge in [-0.25, -0.2) is 0 Å². The fraction of sp³-hybridized carbons (Fsp3) is 0. The first kappa shape index (κ1) is 14.9. The Morgan fingerprint density at radius 2 is 1.85 bits per heavy atom. The summed E-state index contributed by atoms with van der Waals surface area (Å²) in [6, 6.07) is 9.69. The second-order valence-electron chi connectivity index (χ2n) is 3.80. The number of rotatable bonds is 4. The number of nitro groups is 1. The molecule has 20 heavy (non-hydrogen) atoms. The van der Waals surface area contributed by atoms with E-state index in [9.17, 15) is 10.1 Å². The van der Waals surface area contributed by atoms with Gasteiger partial charge in [0, 0.05) is 21.9 Å². The number of hydrogen-bond donors (Lipinski definition) is 2. The molecule has 0 fully saturated rings. The van der Waals surface area contributed by atoms with Crippen LogP contribution in [0.25, 0.3) is 0 Å². The van der Waals surface area contributed by atoms with Crippen LogP contribution in [0.1, 0.15) is 0 Å². The van der Waals surface area contributed by atoms with Crippen molar-refractivity contribution < 1.29 is 4.92 Å². The lowest BCUT2D eigenvalue weighted by Gasteiger charge is -2.06. The molecule has 3 N–H and O–H groups in total. The van der Waals surface area contributed by atoms with Crippen LogP contribution in [-0.4, -0.2) is 4.92 Å². The number of nitrogens with zero attached hydrogens (tertiary/aromatic N) is 1. The normalized spacial score (nSPS) is 10.3. The van der Waals surface area contributed by atoms with E-state index >= 15 is 0 Å². The summed E-state index contributed by atoms with van der Waals surface area (Å²) < 4.78 is 0. The standard InChI is InChI=1S/C12H9Cl2N3O2S/c13-11-2-1-9(6-12(11)14)20-10-4-7(16-15)3-8(5-10)17(18)19/h1-6,16H,15H2. The molecule has 2 aromatic carbocycles. The molecule has 0 bridgehead atoms. The molecule has 0 atom stereocenters. The number of hydrazine groups is 1. The van der Waals surface area contributed by atoms with Crippen LogP contribution in [0.5, 0.6) is 0 Å². The number of benzene rings is 2. The summed E-state index contributed by atoms with van der Waals surface area (Å²) in [4.78, 5) is 11.9. The van der Waals surface area contributed by atoms with Crippen LogP contribution in [0.15, 0.2) is 46.2 Å². The Hall–Kier alpha value is -1.47. The van der Waals surface area contributed by atoms with E-state index in [1.165, 1.54) is 23.9 Å². The molecule has 0 unspecified atom stereocenters. The van der Waals surface area contributed by atoms with Crippen molar-refractivity contribution in [1.82, 2.24) is 0 Å². The first-order chi connectivity index (χ1) is 9.49. The molecular weight excluding hydrogens is 321 g/mol. The van der Waals surface area contributed by atoms with Crippen molar-refractivity contribution in [2.45, 2.75) is 9.79 Å². The molecule has 2 aromatic rings. The molecular formula is C12H9Cl2N3O2S. The van der Waals surface area contributed by atoms with E-state index in [-0.39, 0.29) is 5.69 Å². The Kier molecular flexibility index (Phi) is 4.72. The van der Waals surface area contributed by atoms with E-state index < -0.39 is 4.92 Å². The van der Waals surface area contributed by atoms with Gasteiger partial charge in [0.25, 0.3) is 5.69 Å². The van der Waals surface area contributed by atoms with Gasteiger partial charge >= 0.3 is 0 Å². The van der Waals surface area contributed by atoms with Crippen molar-refractivity contribution in [3.63, 3.8) is 0 Å². The SMILES string of the molecule is NNc1cc(Sc2ccc(Cl)c(Cl)c2)cc([N+](=O)[O-])c1. The number of non-ortho nitro benzene ring substituents is 1. The maximum atomic E-state index is 10.9. The number of halogens is 2. The van der Waals surface area contributed by atoms with E-state index in [1.807, 2.05) is 0 Å². The molecule has 0 radical (unpaired) electrons. The molecule has 0 saturated heterocycles. The Bertz CT molecular complexity index is 667. The number of nitro benzene ring substituents is 1. The van der Waals surface area contributed by atoms with Gasteiger partial charge in [-0.3, -0.25) is 16.0 Å². The van der Waals surface area contributed by atoms with Gasteiger partial charge in [-0.1, -0.05) is 35.0 Å². The number of nitrogen functional groups attached to an aromatic ring is 1. The molecule has 0 spiro atoms. The van der Waals surface area contributed by atoms with Crippen LogP contribution in [0.4, 0.5) is 11.4 Å². The zero-order valence-corrected chi connectivity index (χ0v) is 12.3. The lowest BCUT2D eigenvalue weighted by Crippen LogP contribution is -2.07. The molecule has 0 aliphatic heterocycles. The summed E-state index contributed by atoms with van der Waals surface area (Å²) in [7, 11) is 0. The smallest absolute Gasteiger partial charge is 0.272 e. The molecule has 0 amide bonds. The Labute approximate surface area is 129 Å². The van der Waals surface area contributed by atoms with Crippen molar-refractivity contribution in [2.75, 3.05) is 5.43 Å². The van der Waals surface area contributed by atoms with Crippen molar-refractivity contribution in [3.8, 4) is 0 Å². The summed E-state index contributed by atoms with van der Waals surface area (Å²) in [6.07, 6.45) is 0. The fourth-order valence-electron chi connectivity index (χ4n) is 1.51. The first-order valence-corrected chi connectivity index (χ1v) is 6.96. The average molecular weight is 330 g/mol. The number of anilines is 1. The van der Waals surface area contributed by atoms with Gasteiger partial charge in [0.05, 0.1) is 20.7 Å². The maximum absolute atomic E-state index is 10.9. The zero-order valence-electron chi connectivity index (χ0n) is 9.97. The maximum Gasteiger partial charge on any atom is 0.272 e. The van der Waals surface area contributed by atoms with Crippen LogP contribution in [0.3, 0.4) is 0 Å². The topological polar surface area (TPSA) is 81.2 Å². The molecule has 0 saturated carbocycles. The predicted octanol–water partition coefficient (Wildman–Crippen LogP) is 4.34. The monoisotopic (exact) mass is 329 g/mol. The van der Waals surface area contributed by atoms with Crippen molar-refractivity contribution >= 4 is 46.3 Å². The lowest BCUT2D eigenvalue weighted by atomic mass is 10.3. The highest BCUT2D eigenvalue weighted by Crippen LogP contribution is 2.35. The van der Waals surface area contributed by atoms with Gasteiger partial charge in [-0.2, -0.15) is 0 Å². The van der Waals surface area contributed by atoms with Gasteiger partial charge in [0.2, 0.25) is 0 Å². The Morgan fingerprint density at radius 1 is 1.10 bits per heavy atom. The molecule has 0 aliphatic carbocycles. The fourth-order valence-corrected chi connectivity index (χ4v) is 2.82. The highest BCUT2D eigenvalue weighted by atomic mass is 35.5. The number of nitrogens with one attached hydrogen (secondary N) is 1. The second kappa shape index (κ2) is 6.32. The van der Waals surface area contributed by atoms with Gasteiger partial charge in [0.1, 0.15) is 0 Å².